The molecule has 0 aromatic carbocycles. The third kappa shape index (κ3) is 2.79. The Bertz CT molecular complexity index is 334. The fourth-order valence-corrected chi connectivity index (χ4v) is 4.23. The maximum atomic E-state index is 12.5. The minimum atomic E-state index is -0.345. The quantitative estimate of drug-likeness (QED) is 0.752. The standard InChI is InChI=1S/C15H26N2O2/c18-12-9-13(16-10-12)14(19)17-8-4-7-15(11-17)5-2-1-3-6-15/h12-13,16,18H,1-11H2/t12-,13+/m0/s1. The third-order valence-electron chi connectivity index (χ3n) is 5.29. The molecule has 108 valence electrons. The number of hydrogen-bond acceptors (Lipinski definition) is 3. The fraction of sp³-hybridized carbons (Fsp3) is 0.933. The summed E-state index contributed by atoms with van der Waals surface area (Å²) in [6, 6.07) is -0.145. The molecule has 3 fully saturated rings. The van der Waals surface area contributed by atoms with E-state index in [9.17, 15) is 9.90 Å². The summed E-state index contributed by atoms with van der Waals surface area (Å²) in [4.78, 5) is 14.6. The number of likely N-dealkylation sites (tertiary alicyclic amines) is 1. The van der Waals surface area contributed by atoms with Crippen LogP contribution in [0.3, 0.4) is 0 Å². The average molecular weight is 266 g/mol. The zero-order valence-electron chi connectivity index (χ0n) is 11.7. The number of nitrogens with zero attached hydrogens (tertiary/aromatic N) is 1. The van der Waals surface area contributed by atoms with Gasteiger partial charge in [0, 0.05) is 19.6 Å². The van der Waals surface area contributed by atoms with Gasteiger partial charge in [0.1, 0.15) is 0 Å². The van der Waals surface area contributed by atoms with Crippen LogP contribution in [0.15, 0.2) is 0 Å². The van der Waals surface area contributed by atoms with E-state index in [0.717, 1.165) is 19.5 Å². The van der Waals surface area contributed by atoms with E-state index in [1.807, 2.05) is 0 Å². The van der Waals surface area contributed by atoms with Gasteiger partial charge in [-0.05, 0) is 37.5 Å². The summed E-state index contributed by atoms with van der Waals surface area (Å²) in [5, 5.41) is 12.7. The first-order chi connectivity index (χ1) is 9.19. The second-order valence-electron chi connectivity index (χ2n) is 6.77. The van der Waals surface area contributed by atoms with Gasteiger partial charge in [0.2, 0.25) is 5.91 Å². The molecule has 2 aliphatic heterocycles. The maximum absolute atomic E-state index is 12.5. The van der Waals surface area contributed by atoms with Crippen molar-refractivity contribution in [2.45, 2.75) is 63.5 Å². The molecular formula is C15H26N2O2. The van der Waals surface area contributed by atoms with E-state index in [1.54, 1.807) is 0 Å². The van der Waals surface area contributed by atoms with Crippen molar-refractivity contribution in [3.05, 3.63) is 0 Å². The van der Waals surface area contributed by atoms with Crippen molar-refractivity contribution in [2.75, 3.05) is 19.6 Å². The Kier molecular flexibility index (Phi) is 3.81. The minimum Gasteiger partial charge on any atom is -0.392 e. The number of aliphatic hydroxyl groups is 1. The first-order valence-electron chi connectivity index (χ1n) is 7.89. The molecule has 1 amide bonds. The molecule has 1 aliphatic carbocycles. The molecule has 2 saturated heterocycles. The van der Waals surface area contributed by atoms with Gasteiger partial charge in [-0.15, -0.1) is 0 Å². The lowest BCUT2D eigenvalue weighted by atomic mass is 9.69. The highest BCUT2D eigenvalue weighted by Gasteiger charge is 2.40. The average Bonchev–Trinajstić information content (AvgIpc) is 2.85. The minimum absolute atomic E-state index is 0.145. The zero-order chi connectivity index (χ0) is 13.3. The van der Waals surface area contributed by atoms with Gasteiger partial charge in [0.15, 0.2) is 0 Å². The number of amides is 1. The van der Waals surface area contributed by atoms with Crippen LogP contribution in [-0.4, -0.2) is 47.7 Å². The molecule has 3 rings (SSSR count). The van der Waals surface area contributed by atoms with Crippen LogP contribution in [0.1, 0.15) is 51.4 Å². The van der Waals surface area contributed by atoms with Crippen molar-refractivity contribution in [1.82, 2.24) is 10.2 Å². The van der Waals surface area contributed by atoms with Gasteiger partial charge in [-0.3, -0.25) is 4.79 Å². The van der Waals surface area contributed by atoms with Gasteiger partial charge in [0.05, 0.1) is 12.1 Å². The summed E-state index contributed by atoms with van der Waals surface area (Å²) in [5.41, 5.74) is 0.420. The highest BCUT2D eigenvalue weighted by molar-refractivity contribution is 5.82. The topological polar surface area (TPSA) is 52.6 Å². The van der Waals surface area contributed by atoms with Crippen molar-refractivity contribution in [3.63, 3.8) is 0 Å². The lowest BCUT2D eigenvalue weighted by Gasteiger charge is -2.45. The Morgan fingerprint density at radius 3 is 2.58 bits per heavy atom. The molecule has 0 radical (unpaired) electrons. The molecule has 0 aromatic heterocycles. The number of carbonyl (C=O) groups is 1. The molecule has 2 N–H and O–H groups in total. The Labute approximate surface area is 115 Å². The smallest absolute Gasteiger partial charge is 0.239 e. The number of β-amino-alcohol motifs (C(OH)–C–C–N with tert-alkyl or cyclic N) is 1. The van der Waals surface area contributed by atoms with Gasteiger partial charge in [-0.2, -0.15) is 0 Å². The molecule has 2 atom stereocenters. The SMILES string of the molecule is O=C([C@H]1C[C@H](O)CN1)N1CCCC2(CCCCC2)C1. The molecule has 1 saturated carbocycles. The summed E-state index contributed by atoms with van der Waals surface area (Å²) >= 11 is 0. The van der Waals surface area contributed by atoms with E-state index < -0.39 is 0 Å². The molecule has 4 nitrogen and oxygen atoms in total. The zero-order valence-corrected chi connectivity index (χ0v) is 11.7. The molecule has 0 aromatic rings. The number of nitrogens with one attached hydrogen (secondary N) is 1. The highest BCUT2D eigenvalue weighted by Crippen LogP contribution is 2.43. The first-order valence-corrected chi connectivity index (χ1v) is 7.89. The van der Waals surface area contributed by atoms with Crippen LogP contribution in [0, 0.1) is 5.41 Å². The molecule has 2 heterocycles. The maximum Gasteiger partial charge on any atom is 0.239 e. The second-order valence-corrected chi connectivity index (χ2v) is 6.77. The van der Waals surface area contributed by atoms with Crippen molar-refractivity contribution in [2.24, 2.45) is 5.41 Å². The lowest BCUT2D eigenvalue weighted by Crippen LogP contribution is -2.51. The molecule has 0 unspecified atom stereocenters. The summed E-state index contributed by atoms with van der Waals surface area (Å²) < 4.78 is 0. The van der Waals surface area contributed by atoms with Gasteiger partial charge < -0.3 is 15.3 Å². The van der Waals surface area contributed by atoms with Crippen molar-refractivity contribution in [3.8, 4) is 0 Å². The molecule has 19 heavy (non-hydrogen) atoms. The molecule has 1 spiro atoms. The normalized spacial score (nSPS) is 34.7. The van der Waals surface area contributed by atoms with Crippen LogP contribution < -0.4 is 5.32 Å². The van der Waals surface area contributed by atoms with Crippen LogP contribution in [0.5, 0.6) is 0 Å². The monoisotopic (exact) mass is 266 g/mol. The Balaban J connectivity index is 1.62. The number of hydrogen-bond donors (Lipinski definition) is 2. The summed E-state index contributed by atoms with van der Waals surface area (Å²) in [5.74, 6) is 0.223. The van der Waals surface area contributed by atoms with Crippen LogP contribution >= 0.6 is 0 Å². The molecule has 0 bridgehead atoms. The van der Waals surface area contributed by atoms with E-state index in [2.05, 4.69) is 10.2 Å². The van der Waals surface area contributed by atoms with Crippen LogP contribution in [0.4, 0.5) is 0 Å². The molecule has 4 heteroatoms. The fourth-order valence-electron chi connectivity index (χ4n) is 4.23. The van der Waals surface area contributed by atoms with E-state index >= 15 is 0 Å². The summed E-state index contributed by atoms with van der Waals surface area (Å²) in [7, 11) is 0. The largest absolute Gasteiger partial charge is 0.392 e. The third-order valence-corrected chi connectivity index (χ3v) is 5.29. The van der Waals surface area contributed by atoms with Crippen LogP contribution in [-0.2, 0) is 4.79 Å². The van der Waals surface area contributed by atoms with Gasteiger partial charge >= 0.3 is 0 Å². The second kappa shape index (κ2) is 5.41. The van der Waals surface area contributed by atoms with E-state index in [4.69, 9.17) is 0 Å². The lowest BCUT2D eigenvalue weighted by molar-refractivity contribution is -0.137. The summed E-state index contributed by atoms with van der Waals surface area (Å²) in [6.07, 6.45) is 9.34. The van der Waals surface area contributed by atoms with Crippen molar-refractivity contribution >= 4 is 5.91 Å². The Morgan fingerprint density at radius 2 is 1.89 bits per heavy atom. The number of carbonyl (C=O) groups excluding carboxylic acids is 1. The van der Waals surface area contributed by atoms with Crippen molar-refractivity contribution in [1.29, 1.82) is 0 Å². The molecule has 3 aliphatic rings. The summed E-state index contributed by atoms with van der Waals surface area (Å²) in [6.45, 7) is 2.43. The van der Waals surface area contributed by atoms with Gasteiger partial charge in [0.25, 0.3) is 0 Å². The van der Waals surface area contributed by atoms with Gasteiger partial charge in [-0.1, -0.05) is 19.3 Å². The number of aliphatic hydroxyl groups excluding tert-OH is 1. The van der Waals surface area contributed by atoms with E-state index in [0.29, 0.717) is 18.4 Å². The van der Waals surface area contributed by atoms with Crippen molar-refractivity contribution < 1.29 is 9.90 Å². The van der Waals surface area contributed by atoms with E-state index in [-0.39, 0.29) is 18.1 Å². The number of piperidine rings is 1. The Morgan fingerprint density at radius 1 is 1.16 bits per heavy atom. The van der Waals surface area contributed by atoms with Crippen LogP contribution in [0.25, 0.3) is 0 Å². The predicted molar refractivity (Wildman–Crippen MR) is 73.7 cm³/mol. The first kappa shape index (κ1) is 13.4. The predicted octanol–water partition coefficient (Wildman–Crippen LogP) is 1.28. The van der Waals surface area contributed by atoms with E-state index in [1.165, 1.54) is 38.5 Å². The van der Waals surface area contributed by atoms with Crippen LogP contribution in [0.2, 0.25) is 0 Å². The molecular weight excluding hydrogens is 240 g/mol. The number of rotatable bonds is 1. The highest BCUT2D eigenvalue weighted by atomic mass is 16.3. The Hall–Kier alpha value is -0.610. The van der Waals surface area contributed by atoms with Gasteiger partial charge in [-0.25, -0.2) is 0 Å².